The van der Waals surface area contributed by atoms with Crippen molar-refractivity contribution in [3.05, 3.63) is 69.5 Å². The summed E-state index contributed by atoms with van der Waals surface area (Å²) in [7, 11) is 0. The fourth-order valence-electron chi connectivity index (χ4n) is 5.02. The van der Waals surface area contributed by atoms with Crippen molar-refractivity contribution in [2.45, 2.75) is 38.6 Å². The Kier molecular flexibility index (Phi) is 6.40. The van der Waals surface area contributed by atoms with Crippen molar-refractivity contribution in [3.8, 4) is 5.69 Å². The number of para-hydroxylation sites is 1. The second kappa shape index (κ2) is 9.47. The molecule has 34 heavy (non-hydrogen) atoms. The van der Waals surface area contributed by atoms with Crippen LogP contribution in [0.15, 0.2) is 47.3 Å². The summed E-state index contributed by atoms with van der Waals surface area (Å²) in [4.78, 5) is 35.5. The van der Waals surface area contributed by atoms with E-state index >= 15 is 0 Å². The molecule has 1 aromatic heterocycles. The van der Waals surface area contributed by atoms with E-state index in [1.54, 1.807) is 16.7 Å². The van der Waals surface area contributed by atoms with Crippen LogP contribution in [0, 0.1) is 11.7 Å². The van der Waals surface area contributed by atoms with E-state index in [9.17, 15) is 14.0 Å². The lowest BCUT2D eigenvalue weighted by molar-refractivity contribution is -0.140. The minimum atomic E-state index is -0.534. The van der Waals surface area contributed by atoms with Crippen LogP contribution in [0.4, 0.5) is 4.39 Å². The highest BCUT2D eigenvalue weighted by molar-refractivity contribution is 6.30. The smallest absolute Gasteiger partial charge is 0.266 e. The molecule has 8 heteroatoms. The van der Waals surface area contributed by atoms with Gasteiger partial charge in [0.1, 0.15) is 11.6 Å². The molecule has 0 bridgehead atoms. The molecule has 1 saturated heterocycles. The number of aromatic nitrogens is 2. The number of carbonyl (C=O) groups excluding carboxylic acids is 1. The van der Waals surface area contributed by atoms with E-state index in [0.29, 0.717) is 48.6 Å². The molecule has 2 heterocycles. The van der Waals surface area contributed by atoms with Gasteiger partial charge in [0, 0.05) is 32.1 Å². The normalized spacial score (nSPS) is 18.1. The van der Waals surface area contributed by atoms with E-state index in [0.717, 1.165) is 25.7 Å². The summed E-state index contributed by atoms with van der Waals surface area (Å²) in [5, 5.41) is 0.456. The fourth-order valence-corrected chi connectivity index (χ4v) is 5.19. The number of hydrogen-bond donors (Lipinski definition) is 0. The molecule has 1 atom stereocenters. The van der Waals surface area contributed by atoms with Gasteiger partial charge in [0.2, 0.25) is 5.91 Å². The van der Waals surface area contributed by atoms with Gasteiger partial charge in [-0.3, -0.25) is 19.1 Å². The van der Waals surface area contributed by atoms with Crippen molar-refractivity contribution in [3.63, 3.8) is 0 Å². The highest BCUT2D eigenvalue weighted by atomic mass is 35.5. The van der Waals surface area contributed by atoms with Gasteiger partial charge in [0.15, 0.2) is 0 Å². The van der Waals surface area contributed by atoms with E-state index in [1.807, 2.05) is 23.1 Å². The van der Waals surface area contributed by atoms with Gasteiger partial charge in [-0.2, -0.15) is 0 Å². The van der Waals surface area contributed by atoms with Crippen molar-refractivity contribution >= 4 is 28.4 Å². The predicted octanol–water partition coefficient (Wildman–Crippen LogP) is 4.57. The molecule has 0 N–H and O–H groups in total. The Bertz CT molecular complexity index is 1280. The van der Waals surface area contributed by atoms with E-state index < -0.39 is 5.82 Å². The summed E-state index contributed by atoms with van der Waals surface area (Å²) in [6.07, 6.45) is 3.89. The standard InChI is InChI=1S/C26H28ClFN4O2/c1-2-23(30-12-14-31(15-13-30)25(33)17-6-5-7-17)24-29-22-9-4-3-8-19(22)26(34)32(24)18-10-11-21(28)20(27)16-18/h3-4,8-11,16-17,23H,2,5-7,12-15H2,1H3. The maximum Gasteiger partial charge on any atom is 0.266 e. The zero-order chi connectivity index (χ0) is 23.8. The molecule has 0 radical (unpaired) electrons. The number of piperazine rings is 1. The maximum absolute atomic E-state index is 13.9. The molecule has 1 saturated carbocycles. The molecule has 3 aromatic rings. The Morgan fingerprint density at radius 3 is 2.53 bits per heavy atom. The topological polar surface area (TPSA) is 58.4 Å². The van der Waals surface area contributed by atoms with E-state index in [1.165, 1.54) is 12.1 Å². The zero-order valence-corrected chi connectivity index (χ0v) is 20.0. The van der Waals surface area contributed by atoms with Crippen LogP contribution < -0.4 is 5.56 Å². The van der Waals surface area contributed by atoms with Gasteiger partial charge in [-0.1, -0.05) is 37.1 Å². The lowest BCUT2D eigenvalue weighted by Gasteiger charge is -2.41. The Morgan fingerprint density at radius 1 is 1.15 bits per heavy atom. The third kappa shape index (κ3) is 4.12. The summed E-state index contributed by atoms with van der Waals surface area (Å²) in [5.74, 6) is 0.547. The van der Waals surface area contributed by atoms with Gasteiger partial charge < -0.3 is 4.90 Å². The number of fused-ring (bicyclic) bond motifs is 1. The van der Waals surface area contributed by atoms with E-state index in [-0.39, 0.29) is 28.4 Å². The number of amides is 1. The summed E-state index contributed by atoms with van der Waals surface area (Å²) in [5.41, 5.74) is 0.909. The predicted molar refractivity (Wildman–Crippen MR) is 131 cm³/mol. The molecule has 1 aliphatic carbocycles. The Hall–Kier alpha value is -2.77. The van der Waals surface area contributed by atoms with Gasteiger partial charge in [-0.15, -0.1) is 0 Å². The van der Waals surface area contributed by atoms with Crippen LogP contribution in [0.5, 0.6) is 0 Å². The molecule has 1 unspecified atom stereocenters. The zero-order valence-electron chi connectivity index (χ0n) is 19.2. The summed E-state index contributed by atoms with van der Waals surface area (Å²) in [6.45, 7) is 4.84. The van der Waals surface area contributed by atoms with Gasteiger partial charge in [-0.05, 0) is 49.6 Å². The number of rotatable bonds is 5. The molecule has 0 spiro atoms. The van der Waals surface area contributed by atoms with Gasteiger partial charge in [0.25, 0.3) is 5.56 Å². The molecule has 2 fully saturated rings. The van der Waals surface area contributed by atoms with Crippen LogP contribution in [0.25, 0.3) is 16.6 Å². The highest BCUT2D eigenvalue weighted by Crippen LogP contribution is 2.31. The first-order valence-electron chi connectivity index (χ1n) is 12.0. The van der Waals surface area contributed by atoms with Gasteiger partial charge in [0.05, 0.1) is 27.7 Å². The van der Waals surface area contributed by atoms with Crippen molar-refractivity contribution < 1.29 is 9.18 Å². The highest BCUT2D eigenvalue weighted by Gasteiger charge is 2.34. The van der Waals surface area contributed by atoms with Crippen LogP contribution in [-0.4, -0.2) is 51.4 Å². The number of nitrogens with zero attached hydrogens (tertiary/aromatic N) is 4. The number of carbonyl (C=O) groups is 1. The van der Waals surface area contributed by atoms with Gasteiger partial charge in [-0.25, -0.2) is 9.37 Å². The van der Waals surface area contributed by atoms with Gasteiger partial charge >= 0.3 is 0 Å². The van der Waals surface area contributed by atoms with Crippen LogP contribution >= 0.6 is 11.6 Å². The van der Waals surface area contributed by atoms with Crippen molar-refractivity contribution in [1.29, 1.82) is 0 Å². The SMILES string of the molecule is CCC(c1nc2ccccc2c(=O)n1-c1ccc(F)c(Cl)c1)N1CCN(C(=O)C2CCC2)CC1. The first-order valence-corrected chi connectivity index (χ1v) is 12.4. The monoisotopic (exact) mass is 482 g/mol. The lowest BCUT2D eigenvalue weighted by Crippen LogP contribution is -2.52. The molecule has 2 aromatic carbocycles. The maximum atomic E-state index is 13.9. The second-order valence-electron chi connectivity index (χ2n) is 9.14. The largest absolute Gasteiger partial charge is 0.340 e. The quantitative estimate of drug-likeness (QED) is 0.534. The van der Waals surface area contributed by atoms with Crippen molar-refractivity contribution in [2.75, 3.05) is 26.2 Å². The molecule has 1 aliphatic heterocycles. The third-order valence-electron chi connectivity index (χ3n) is 7.17. The van der Waals surface area contributed by atoms with E-state index in [2.05, 4.69) is 11.8 Å². The molecular formula is C26H28ClFN4O2. The molecular weight excluding hydrogens is 455 g/mol. The second-order valence-corrected chi connectivity index (χ2v) is 9.55. The van der Waals surface area contributed by atoms with E-state index in [4.69, 9.17) is 16.6 Å². The van der Waals surface area contributed by atoms with Crippen molar-refractivity contribution in [2.24, 2.45) is 5.92 Å². The van der Waals surface area contributed by atoms with Crippen LogP contribution in [-0.2, 0) is 4.79 Å². The number of hydrogen-bond acceptors (Lipinski definition) is 4. The number of halogens is 2. The fraction of sp³-hybridized carbons (Fsp3) is 0.423. The molecule has 6 nitrogen and oxygen atoms in total. The van der Waals surface area contributed by atoms with Crippen LogP contribution in [0.1, 0.15) is 44.5 Å². The minimum Gasteiger partial charge on any atom is -0.340 e. The Labute approximate surface area is 202 Å². The third-order valence-corrected chi connectivity index (χ3v) is 7.46. The summed E-state index contributed by atoms with van der Waals surface area (Å²) < 4.78 is 15.5. The minimum absolute atomic E-state index is 0.0420. The molecule has 5 rings (SSSR count). The van der Waals surface area contributed by atoms with Crippen LogP contribution in [0.2, 0.25) is 5.02 Å². The summed E-state index contributed by atoms with van der Waals surface area (Å²) in [6, 6.07) is 11.4. The average molecular weight is 483 g/mol. The first kappa shape index (κ1) is 23.0. The van der Waals surface area contributed by atoms with Crippen molar-refractivity contribution in [1.82, 2.24) is 19.4 Å². The molecule has 2 aliphatic rings. The Balaban J connectivity index is 1.53. The molecule has 178 valence electrons. The Morgan fingerprint density at radius 2 is 1.88 bits per heavy atom. The van der Waals surface area contributed by atoms with Crippen LogP contribution in [0.3, 0.4) is 0 Å². The average Bonchev–Trinajstić information content (AvgIpc) is 2.81. The lowest BCUT2D eigenvalue weighted by atomic mass is 9.84. The number of benzene rings is 2. The summed E-state index contributed by atoms with van der Waals surface area (Å²) >= 11 is 6.08. The first-order chi connectivity index (χ1) is 16.5. The molecule has 1 amide bonds.